The number of rotatable bonds is 11. The number of thioether (sulfide) groups is 1. The number of carbonyl (C=O) groups excluding carboxylic acids is 1. The number of allylic oxidation sites excluding steroid dienone is 2. The summed E-state index contributed by atoms with van der Waals surface area (Å²) >= 11 is 1.66. The van der Waals surface area contributed by atoms with Crippen LogP contribution >= 0.6 is 11.8 Å². The van der Waals surface area contributed by atoms with Gasteiger partial charge in [-0.1, -0.05) is 70.9 Å². The van der Waals surface area contributed by atoms with Crippen LogP contribution in [0.15, 0.2) is 46.9 Å². The fraction of sp³-hybridized carbons (Fsp3) is 0.667. The highest BCUT2D eigenvalue weighted by molar-refractivity contribution is 8.00. The lowest BCUT2D eigenvalue weighted by molar-refractivity contribution is -0.117. The first kappa shape index (κ1) is 24.8. The first-order valence-corrected chi connectivity index (χ1v) is 16.0. The van der Waals surface area contributed by atoms with E-state index in [1.807, 2.05) is 18.2 Å². The van der Waals surface area contributed by atoms with Crippen molar-refractivity contribution in [3.05, 3.63) is 42.0 Å². The number of benzene rings is 1. The van der Waals surface area contributed by atoms with Gasteiger partial charge in [-0.15, -0.1) is 11.8 Å². The Kier molecular flexibility index (Phi) is 8.68. The van der Waals surface area contributed by atoms with Gasteiger partial charge in [0.05, 0.1) is 5.75 Å². The van der Waals surface area contributed by atoms with Gasteiger partial charge in [0, 0.05) is 17.4 Å². The van der Waals surface area contributed by atoms with Gasteiger partial charge in [-0.3, -0.25) is 4.79 Å². The van der Waals surface area contributed by atoms with Crippen molar-refractivity contribution in [2.45, 2.75) is 95.9 Å². The van der Waals surface area contributed by atoms with Crippen molar-refractivity contribution in [3.63, 3.8) is 0 Å². The molecule has 0 aromatic heterocycles. The van der Waals surface area contributed by atoms with E-state index >= 15 is 0 Å². The highest BCUT2D eigenvalue weighted by atomic mass is 32.2. The van der Waals surface area contributed by atoms with Crippen LogP contribution in [-0.2, 0) is 9.22 Å². The van der Waals surface area contributed by atoms with Crippen LogP contribution in [0.5, 0.6) is 0 Å². The monoisotopic (exact) mass is 458 g/mol. The maximum absolute atomic E-state index is 12.7. The van der Waals surface area contributed by atoms with Crippen molar-refractivity contribution in [2.75, 3.05) is 5.75 Å². The van der Waals surface area contributed by atoms with E-state index in [-0.39, 0.29) is 5.41 Å². The van der Waals surface area contributed by atoms with Crippen LogP contribution in [0.4, 0.5) is 0 Å². The molecule has 0 N–H and O–H groups in total. The third-order valence-corrected chi connectivity index (χ3v) is 14.0. The summed E-state index contributed by atoms with van der Waals surface area (Å²) in [7, 11) is -1.60. The van der Waals surface area contributed by atoms with Gasteiger partial charge in [-0.25, -0.2) is 0 Å². The van der Waals surface area contributed by atoms with Crippen LogP contribution in [0.1, 0.15) is 66.7 Å². The molecule has 0 unspecified atom stereocenters. The second-order valence-corrected chi connectivity index (χ2v) is 15.7. The molecule has 4 heteroatoms. The molecule has 2 aliphatic carbocycles. The Morgan fingerprint density at radius 1 is 1.19 bits per heavy atom. The largest absolute Gasteiger partial charge is 0.414 e. The quantitative estimate of drug-likeness (QED) is 0.191. The summed E-state index contributed by atoms with van der Waals surface area (Å²) in [6, 6.07) is 13.9. The van der Waals surface area contributed by atoms with E-state index in [0.717, 1.165) is 6.42 Å². The Labute approximate surface area is 195 Å². The molecule has 172 valence electrons. The Morgan fingerprint density at radius 3 is 2.52 bits per heavy atom. The summed E-state index contributed by atoms with van der Waals surface area (Å²) in [6.07, 6.45) is 8.42. The van der Waals surface area contributed by atoms with Crippen LogP contribution in [0.2, 0.25) is 18.1 Å². The standard InChI is InChI=1S/C27H42O2SSi/c1-6-31(7-2,8-3)29-26-15-12-18-27(5)24(16-17-25(26)27)21(4)19-22(28)20-30-23-13-10-9-11-14-23/h9-11,13-14,16,21,25-26H,6-8,12,15,17-20H2,1-5H3/t21-,25+,26+,27-/m1/s1. The fourth-order valence-corrected chi connectivity index (χ4v) is 9.86. The first-order valence-electron chi connectivity index (χ1n) is 12.4. The Hall–Kier alpha value is -0.843. The molecule has 1 saturated carbocycles. The van der Waals surface area contributed by atoms with Gasteiger partial charge in [0.15, 0.2) is 8.32 Å². The third kappa shape index (κ3) is 5.57. The molecule has 1 fully saturated rings. The minimum atomic E-state index is -1.60. The van der Waals surface area contributed by atoms with Crippen molar-refractivity contribution < 1.29 is 9.22 Å². The predicted octanol–water partition coefficient (Wildman–Crippen LogP) is 7.90. The van der Waals surface area contributed by atoms with Gasteiger partial charge in [0.25, 0.3) is 0 Å². The number of Topliss-reactive ketones (excluding diaryl/α,β-unsaturated/α-hetero) is 1. The second kappa shape index (κ2) is 10.9. The fourth-order valence-electron chi connectivity index (χ4n) is 6.14. The maximum Gasteiger partial charge on any atom is 0.192 e. The summed E-state index contributed by atoms with van der Waals surface area (Å²) < 4.78 is 7.04. The number of carbonyl (C=O) groups is 1. The molecule has 31 heavy (non-hydrogen) atoms. The number of hydrogen-bond donors (Lipinski definition) is 0. The molecule has 0 saturated heterocycles. The zero-order valence-electron chi connectivity index (χ0n) is 20.3. The molecule has 3 rings (SSSR count). The molecule has 0 bridgehead atoms. The Bertz CT molecular complexity index is 749. The van der Waals surface area contributed by atoms with Crippen LogP contribution in [-0.4, -0.2) is 26.0 Å². The van der Waals surface area contributed by atoms with E-state index in [1.54, 1.807) is 17.3 Å². The van der Waals surface area contributed by atoms with Crippen LogP contribution in [0, 0.1) is 17.3 Å². The molecule has 0 radical (unpaired) electrons. The van der Waals surface area contributed by atoms with Gasteiger partial charge in [-0.05, 0) is 66.8 Å². The van der Waals surface area contributed by atoms with Gasteiger partial charge in [-0.2, -0.15) is 0 Å². The minimum absolute atomic E-state index is 0.213. The topological polar surface area (TPSA) is 26.3 Å². The van der Waals surface area contributed by atoms with Gasteiger partial charge >= 0.3 is 0 Å². The Morgan fingerprint density at radius 2 is 1.87 bits per heavy atom. The molecule has 2 aliphatic rings. The van der Waals surface area contributed by atoms with Crippen LogP contribution in [0.25, 0.3) is 0 Å². The molecule has 0 heterocycles. The number of ketones is 1. The molecule has 1 aromatic rings. The van der Waals surface area contributed by atoms with Crippen molar-refractivity contribution in [2.24, 2.45) is 17.3 Å². The van der Waals surface area contributed by atoms with Crippen LogP contribution in [0.3, 0.4) is 0 Å². The first-order chi connectivity index (χ1) is 14.9. The van der Waals surface area contributed by atoms with E-state index in [1.165, 1.54) is 42.3 Å². The van der Waals surface area contributed by atoms with Crippen molar-refractivity contribution in [1.29, 1.82) is 0 Å². The average molecular weight is 459 g/mol. The van der Waals surface area contributed by atoms with Crippen molar-refractivity contribution >= 4 is 25.9 Å². The summed E-state index contributed by atoms with van der Waals surface area (Å²) in [5.41, 5.74) is 1.76. The highest BCUT2D eigenvalue weighted by Crippen LogP contribution is 2.56. The molecule has 0 aliphatic heterocycles. The van der Waals surface area contributed by atoms with Crippen molar-refractivity contribution in [3.8, 4) is 0 Å². The second-order valence-electron chi connectivity index (χ2n) is 9.96. The van der Waals surface area contributed by atoms with Gasteiger partial charge in [0.2, 0.25) is 0 Å². The van der Waals surface area contributed by atoms with E-state index < -0.39 is 8.32 Å². The summed E-state index contributed by atoms with van der Waals surface area (Å²) in [5.74, 6) is 1.88. The minimum Gasteiger partial charge on any atom is -0.414 e. The molecular formula is C27H42O2SSi. The lowest BCUT2D eigenvalue weighted by atomic mass is 9.63. The molecule has 0 amide bonds. The lowest BCUT2D eigenvalue weighted by Crippen LogP contribution is -2.48. The molecule has 2 nitrogen and oxygen atoms in total. The summed E-state index contributed by atoms with van der Waals surface area (Å²) in [5, 5.41) is 0. The van der Waals surface area contributed by atoms with Gasteiger partial charge < -0.3 is 4.43 Å². The average Bonchev–Trinajstić information content (AvgIpc) is 3.15. The van der Waals surface area contributed by atoms with Crippen LogP contribution < -0.4 is 0 Å². The van der Waals surface area contributed by atoms with E-state index in [9.17, 15) is 4.79 Å². The molecule has 4 atom stereocenters. The SMILES string of the molecule is CC[Si](CC)(CC)O[C@H]1CCC[C@]2(C)C([C@H](C)CC(=O)CSc3ccccc3)=CC[C@@H]12. The normalized spacial score (nSPS) is 26.9. The zero-order valence-corrected chi connectivity index (χ0v) is 22.1. The molecule has 0 spiro atoms. The van der Waals surface area contributed by atoms with Gasteiger partial charge in [0.1, 0.15) is 5.78 Å². The summed E-state index contributed by atoms with van der Waals surface area (Å²) in [6.45, 7) is 11.7. The van der Waals surface area contributed by atoms with Crippen molar-refractivity contribution in [1.82, 2.24) is 0 Å². The smallest absolute Gasteiger partial charge is 0.192 e. The molecule has 1 aromatic carbocycles. The maximum atomic E-state index is 12.7. The summed E-state index contributed by atoms with van der Waals surface area (Å²) in [4.78, 5) is 13.9. The van der Waals surface area contributed by atoms with E-state index in [2.05, 4.69) is 52.8 Å². The highest BCUT2D eigenvalue weighted by Gasteiger charge is 2.50. The molecular weight excluding hydrogens is 416 g/mol. The number of hydrogen-bond acceptors (Lipinski definition) is 3. The lowest BCUT2D eigenvalue weighted by Gasteiger charge is -2.47. The third-order valence-electron chi connectivity index (χ3n) is 8.25. The van der Waals surface area contributed by atoms with E-state index in [4.69, 9.17) is 4.43 Å². The number of fused-ring (bicyclic) bond motifs is 1. The predicted molar refractivity (Wildman–Crippen MR) is 136 cm³/mol. The zero-order chi connectivity index (χ0) is 22.5. The Balaban J connectivity index is 1.62. The van der Waals surface area contributed by atoms with E-state index in [0.29, 0.717) is 35.9 Å².